The molecule has 2 fully saturated rings. The maximum Gasteiger partial charge on any atom is 0.330 e. The van der Waals surface area contributed by atoms with E-state index in [0.29, 0.717) is 6.42 Å². The Bertz CT molecular complexity index is 572. The highest BCUT2D eigenvalue weighted by Crippen LogP contribution is 2.35. The van der Waals surface area contributed by atoms with Crippen molar-refractivity contribution in [1.82, 2.24) is 0 Å². The van der Waals surface area contributed by atoms with Gasteiger partial charge in [0.2, 0.25) is 0 Å². The van der Waals surface area contributed by atoms with Gasteiger partial charge in [-0.2, -0.15) is 4.89 Å². The molecule has 0 saturated heterocycles. The molecular weight excluding hydrogens is 408 g/mol. The number of carbonyl (C=O) groups is 1. The molecule has 6 heteroatoms. The summed E-state index contributed by atoms with van der Waals surface area (Å²) in [7, 11) is 0. The molecule has 2 rings (SSSR count). The largest absolute Gasteiger partial charge is 0.457 e. The van der Waals surface area contributed by atoms with E-state index < -0.39 is 11.2 Å². The molecule has 6 nitrogen and oxygen atoms in total. The summed E-state index contributed by atoms with van der Waals surface area (Å²) in [5, 5.41) is 19.1. The molecule has 0 amide bonds. The molecule has 0 aliphatic heterocycles. The highest BCUT2D eigenvalue weighted by atomic mass is 17.2. The maximum absolute atomic E-state index is 11.3. The highest BCUT2D eigenvalue weighted by Gasteiger charge is 2.33. The molecule has 2 N–H and O–H groups in total. The predicted molar refractivity (Wildman–Crippen MR) is 131 cm³/mol. The first-order valence-electron chi connectivity index (χ1n) is 11.0. The number of carbonyl (C=O) groups excluding carboxylic acids is 1. The van der Waals surface area contributed by atoms with E-state index in [0.717, 1.165) is 38.5 Å². The zero-order valence-corrected chi connectivity index (χ0v) is 20.4. The van der Waals surface area contributed by atoms with Crippen LogP contribution in [0.3, 0.4) is 0 Å². The molecule has 188 valence electrons. The van der Waals surface area contributed by atoms with Crippen molar-refractivity contribution in [3.05, 3.63) is 37.6 Å². The minimum Gasteiger partial charge on any atom is -0.457 e. The molecule has 0 radical (unpaired) electrons. The van der Waals surface area contributed by atoms with Crippen molar-refractivity contribution in [3.63, 3.8) is 0 Å². The van der Waals surface area contributed by atoms with Crippen molar-refractivity contribution >= 4 is 5.97 Å². The molecule has 0 aromatic rings. The Morgan fingerprint density at radius 2 is 1.38 bits per heavy atom. The van der Waals surface area contributed by atoms with Crippen LogP contribution >= 0.6 is 0 Å². The average Bonchev–Trinajstić information content (AvgIpc) is 2.56. The van der Waals surface area contributed by atoms with Crippen LogP contribution in [-0.2, 0) is 19.3 Å². The minimum atomic E-state index is -0.557. The Hall–Kier alpha value is -1.63. The third kappa shape index (κ3) is 17.0. The van der Waals surface area contributed by atoms with Crippen LogP contribution in [-0.4, -0.2) is 38.6 Å². The molecule has 0 unspecified atom stereocenters. The van der Waals surface area contributed by atoms with Gasteiger partial charge in [0.1, 0.15) is 17.5 Å². The first-order chi connectivity index (χ1) is 14.1. The number of hydrogen-bond acceptors (Lipinski definition) is 6. The predicted octanol–water partition coefficient (Wildman–Crippen LogP) is 6.18. The van der Waals surface area contributed by atoms with Gasteiger partial charge in [-0.25, -0.2) is 4.79 Å². The molecule has 0 spiro atoms. The van der Waals surface area contributed by atoms with Gasteiger partial charge in [0, 0.05) is 6.08 Å². The standard InChI is InChI=1S/C12H20O3.C7H12O.C6H12O2.CH4/c1-11(2,3)15-10(13)6-4-7-12(14)8-5-9-12;1-2-4-7(8)5-3-6-7;1-5-7-8-6(2,3)4;/h4,6,14H,5,7-9H2,1-3H3;2,8H,1,3-6H2;5H,1H2,2-4H3;1H4. The van der Waals surface area contributed by atoms with Gasteiger partial charge >= 0.3 is 5.97 Å². The lowest BCUT2D eigenvalue weighted by Crippen LogP contribution is -2.35. The molecule has 2 aliphatic rings. The van der Waals surface area contributed by atoms with E-state index in [1.165, 1.54) is 18.8 Å². The van der Waals surface area contributed by atoms with E-state index in [9.17, 15) is 15.0 Å². The van der Waals surface area contributed by atoms with Gasteiger partial charge in [0.25, 0.3) is 0 Å². The van der Waals surface area contributed by atoms with E-state index in [1.54, 1.807) is 12.2 Å². The van der Waals surface area contributed by atoms with Gasteiger partial charge in [-0.05, 0) is 92.9 Å². The van der Waals surface area contributed by atoms with Gasteiger partial charge in [-0.1, -0.05) is 26.2 Å². The fourth-order valence-corrected chi connectivity index (χ4v) is 2.74. The van der Waals surface area contributed by atoms with Crippen LogP contribution in [0.1, 0.15) is 100 Å². The first-order valence-corrected chi connectivity index (χ1v) is 11.0. The van der Waals surface area contributed by atoms with E-state index >= 15 is 0 Å². The second-order valence-electron chi connectivity index (χ2n) is 10.2. The zero-order valence-electron chi connectivity index (χ0n) is 20.4. The summed E-state index contributed by atoms with van der Waals surface area (Å²) in [6.07, 6.45) is 13.4. The molecule has 0 aromatic carbocycles. The van der Waals surface area contributed by atoms with Crippen LogP contribution in [0.4, 0.5) is 0 Å². The zero-order chi connectivity index (χ0) is 24.2. The number of aliphatic hydroxyl groups is 2. The average molecular weight is 457 g/mol. The molecule has 2 saturated carbocycles. The fraction of sp³-hybridized carbons (Fsp3) is 0.731. The Kier molecular flexibility index (Phi) is 14.8. The molecule has 2 aliphatic carbocycles. The number of hydrogen-bond donors (Lipinski definition) is 2. The topological polar surface area (TPSA) is 85.2 Å². The third-order valence-electron chi connectivity index (χ3n) is 4.62. The van der Waals surface area contributed by atoms with Crippen molar-refractivity contribution in [2.75, 3.05) is 0 Å². The van der Waals surface area contributed by atoms with Crippen LogP contribution in [0.2, 0.25) is 0 Å². The second kappa shape index (κ2) is 14.5. The summed E-state index contributed by atoms with van der Waals surface area (Å²) in [6, 6.07) is 0. The summed E-state index contributed by atoms with van der Waals surface area (Å²) in [5.74, 6) is -0.342. The molecule has 0 bridgehead atoms. The maximum atomic E-state index is 11.3. The summed E-state index contributed by atoms with van der Waals surface area (Å²) >= 11 is 0. The normalized spacial score (nSPS) is 18.1. The van der Waals surface area contributed by atoms with Crippen LogP contribution in [0, 0.1) is 0 Å². The smallest absolute Gasteiger partial charge is 0.330 e. The summed E-state index contributed by atoms with van der Waals surface area (Å²) in [6.45, 7) is 18.1. The van der Waals surface area contributed by atoms with Crippen molar-refractivity contribution in [2.45, 2.75) is 123 Å². The van der Waals surface area contributed by atoms with E-state index in [2.05, 4.69) is 18.0 Å². The van der Waals surface area contributed by atoms with Crippen LogP contribution < -0.4 is 0 Å². The molecule has 0 aromatic heterocycles. The van der Waals surface area contributed by atoms with Crippen LogP contribution in [0.15, 0.2) is 37.6 Å². The van der Waals surface area contributed by atoms with Crippen molar-refractivity contribution in [3.8, 4) is 0 Å². The highest BCUT2D eigenvalue weighted by molar-refractivity contribution is 5.82. The van der Waals surface area contributed by atoms with E-state index in [1.807, 2.05) is 41.5 Å². The van der Waals surface area contributed by atoms with Gasteiger partial charge in [0.05, 0.1) is 11.2 Å². The molecule has 0 atom stereocenters. The monoisotopic (exact) mass is 456 g/mol. The van der Waals surface area contributed by atoms with Crippen LogP contribution in [0.25, 0.3) is 0 Å². The van der Waals surface area contributed by atoms with Crippen molar-refractivity contribution < 1.29 is 29.5 Å². The molecule has 32 heavy (non-hydrogen) atoms. The Morgan fingerprint density at radius 1 is 0.906 bits per heavy atom. The van der Waals surface area contributed by atoms with E-state index in [4.69, 9.17) is 9.62 Å². The summed E-state index contributed by atoms with van der Waals surface area (Å²) in [5.41, 5.74) is -1.59. The Balaban J connectivity index is 0. The fourth-order valence-electron chi connectivity index (χ4n) is 2.74. The van der Waals surface area contributed by atoms with Crippen LogP contribution in [0.5, 0.6) is 0 Å². The second-order valence-corrected chi connectivity index (χ2v) is 10.2. The third-order valence-corrected chi connectivity index (χ3v) is 4.62. The Morgan fingerprint density at radius 3 is 1.62 bits per heavy atom. The van der Waals surface area contributed by atoms with E-state index in [-0.39, 0.29) is 24.6 Å². The Labute approximate surface area is 196 Å². The minimum absolute atomic E-state index is 0. The SMILES string of the molecule is C.C=CCC1(O)CCC1.C=COOC(C)(C)C.CC(C)(C)OC(=O)C=CCC1(O)CCC1. The first kappa shape index (κ1) is 32.5. The summed E-state index contributed by atoms with van der Waals surface area (Å²) in [4.78, 5) is 20.5. The lowest BCUT2D eigenvalue weighted by Gasteiger charge is -2.35. The molecule has 0 heterocycles. The van der Waals surface area contributed by atoms with Gasteiger partial charge in [-0.3, -0.25) is 0 Å². The van der Waals surface area contributed by atoms with Crippen molar-refractivity contribution in [1.29, 1.82) is 0 Å². The van der Waals surface area contributed by atoms with Gasteiger partial charge < -0.3 is 19.8 Å². The summed E-state index contributed by atoms with van der Waals surface area (Å²) < 4.78 is 5.10. The molecular formula is C26H48O6. The van der Waals surface area contributed by atoms with Crippen molar-refractivity contribution in [2.24, 2.45) is 0 Å². The van der Waals surface area contributed by atoms with Gasteiger partial charge in [0.15, 0.2) is 0 Å². The van der Waals surface area contributed by atoms with Gasteiger partial charge in [-0.15, -0.1) is 6.58 Å². The number of ether oxygens (including phenoxy) is 1. The lowest BCUT2D eigenvalue weighted by molar-refractivity contribution is -0.310. The lowest BCUT2D eigenvalue weighted by atomic mass is 9.78. The number of rotatable bonds is 7. The quantitative estimate of drug-likeness (QED) is 0.119. The number of esters is 1.